The monoisotopic (exact) mass is 451 g/mol. The Morgan fingerprint density at radius 1 is 1.03 bits per heavy atom. The van der Waals surface area contributed by atoms with Gasteiger partial charge in [-0.15, -0.1) is 0 Å². The van der Waals surface area contributed by atoms with Gasteiger partial charge in [0.1, 0.15) is 11.8 Å². The highest BCUT2D eigenvalue weighted by Gasteiger charge is 2.30. The molecule has 0 aromatic heterocycles. The number of rotatable bonds is 9. The van der Waals surface area contributed by atoms with Crippen molar-refractivity contribution >= 4 is 17.5 Å². The number of hydrogen-bond donors (Lipinski definition) is 3. The molecule has 0 spiro atoms. The fraction of sp³-hybridized carbons (Fsp3) is 0.481. The van der Waals surface area contributed by atoms with Gasteiger partial charge in [-0.3, -0.25) is 9.59 Å². The van der Waals surface area contributed by atoms with Crippen LogP contribution in [0.25, 0.3) is 0 Å². The van der Waals surface area contributed by atoms with Crippen LogP contribution < -0.4 is 20.7 Å². The average Bonchev–Trinajstić information content (AvgIpc) is 2.80. The second-order valence-electron chi connectivity index (χ2n) is 9.40. The van der Waals surface area contributed by atoms with Gasteiger partial charge in [0.2, 0.25) is 5.91 Å². The minimum atomic E-state index is -0.568. The first kappa shape index (κ1) is 24.6. The number of nitrogens with one attached hydrogen (secondary N) is 3. The van der Waals surface area contributed by atoms with Gasteiger partial charge in [0.25, 0.3) is 5.91 Å². The van der Waals surface area contributed by atoms with Crippen molar-refractivity contribution in [1.29, 1.82) is 0 Å². The van der Waals surface area contributed by atoms with Crippen molar-refractivity contribution in [2.75, 3.05) is 12.4 Å². The molecule has 0 saturated heterocycles. The zero-order valence-corrected chi connectivity index (χ0v) is 20.2. The lowest BCUT2D eigenvalue weighted by Gasteiger charge is -2.34. The van der Waals surface area contributed by atoms with Gasteiger partial charge in [-0.1, -0.05) is 44.4 Å². The normalized spacial score (nSPS) is 18.9. The largest absolute Gasteiger partial charge is 0.497 e. The first-order valence-electron chi connectivity index (χ1n) is 11.9. The van der Waals surface area contributed by atoms with Crippen molar-refractivity contribution in [3.05, 3.63) is 59.7 Å². The van der Waals surface area contributed by atoms with Crippen molar-refractivity contribution in [2.45, 2.75) is 71.0 Å². The van der Waals surface area contributed by atoms with E-state index in [1.165, 1.54) is 0 Å². The number of carbonyl (C=O) groups excluding carboxylic acids is 2. The molecule has 2 aromatic carbocycles. The van der Waals surface area contributed by atoms with E-state index in [1.807, 2.05) is 49.4 Å². The van der Waals surface area contributed by atoms with Gasteiger partial charge in [-0.2, -0.15) is 0 Å². The maximum absolute atomic E-state index is 13.3. The summed E-state index contributed by atoms with van der Waals surface area (Å²) in [7, 11) is 1.65. The molecule has 2 aromatic rings. The van der Waals surface area contributed by atoms with E-state index in [0.717, 1.165) is 42.7 Å². The molecule has 1 fully saturated rings. The molecule has 1 aliphatic carbocycles. The Morgan fingerprint density at radius 3 is 2.36 bits per heavy atom. The molecule has 0 radical (unpaired) electrons. The Kier molecular flexibility index (Phi) is 8.75. The summed E-state index contributed by atoms with van der Waals surface area (Å²) in [6.07, 6.45) is 4.70. The molecular weight excluding hydrogens is 414 g/mol. The molecule has 0 heterocycles. The van der Waals surface area contributed by atoms with Gasteiger partial charge in [0.05, 0.1) is 7.11 Å². The van der Waals surface area contributed by atoms with Gasteiger partial charge in [0.15, 0.2) is 0 Å². The van der Waals surface area contributed by atoms with Crippen molar-refractivity contribution in [2.24, 2.45) is 5.92 Å². The molecule has 178 valence electrons. The molecule has 6 nitrogen and oxygen atoms in total. The molecule has 1 saturated carbocycles. The summed E-state index contributed by atoms with van der Waals surface area (Å²) in [6.45, 7) is 6.08. The number of carbonyl (C=O) groups is 2. The minimum absolute atomic E-state index is 0.0129. The number of amides is 2. The molecule has 3 atom stereocenters. The lowest BCUT2D eigenvalue weighted by Crippen LogP contribution is -2.55. The standard InChI is InChI=1S/C27H37N3O3/c1-18(2)16-25(30-26(31)20-9-7-8-19(3)17-20)27(32)29-24-11-6-5-10-23(24)28-21-12-14-22(33-4)15-13-21/h7-9,12-15,17-18,23-25,28H,5-6,10-11,16H2,1-4H3,(H,29,32)(H,30,31). The molecular formula is C27H37N3O3. The molecule has 6 heteroatoms. The highest BCUT2D eigenvalue weighted by atomic mass is 16.5. The Hall–Kier alpha value is -3.02. The third-order valence-electron chi connectivity index (χ3n) is 6.14. The van der Waals surface area contributed by atoms with Gasteiger partial charge in [-0.05, 0) is 68.5 Å². The molecule has 0 bridgehead atoms. The van der Waals surface area contributed by atoms with Crippen molar-refractivity contribution in [1.82, 2.24) is 10.6 Å². The van der Waals surface area contributed by atoms with Crippen LogP contribution in [0.4, 0.5) is 5.69 Å². The lowest BCUT2D eigenvalue weighted by atomic mass is 9.89. The lowest BCUT2D eigenvalue weighted by molar-refractivity contribution is -0.124. The predicted octanol–water partition coefficient (Wildman–Crippen LogP) is 4.69. The number of methoxy groups -OCH3 is 1. The highest BCUT2D eigenvalue weighted by Crippen LogP contribution is 2.24. The number of aryl methyl sites for hydroxylation is 1. The molecule has 3 unspecified atom stereocenters. The van der Waals surface area contributed by atoms with Crippen LogP contribution in [0.2, 0.25) is 0 Å². The van der Waals surface area contributed by atoms with Crippen LogP contribution in [0.3, 0.4) is 0 Å². The number of benzene rings is 2. The summed E-state index contributed by atoms with van der Waals surface area (Å²) in [5, 5.41) is 9.80. The Bertz CT molecular complexity index is 926. The molecule has 2 amide bonds. The van der Waals surface area contributed by atoms with Crippen LogP contribution in [0.1, 0.15) is 61.9 Å². The summed E-state index contributed by atoms with van der Waals surface area (Å²) in [5.41, 5.74) is 2.60. The molecule has 0 aliphatic heterocycles. The number of hydrogen-bond acceptors (Lipinski definition) is 4. The van der Waals surface area contributed by atoms with E-state index >= 15 is 0 Å². The summed E-state index contributed by atoms with van der Waals surface area (Å²) in [4.78, 5) is 26.1. The van der Waals surface area contributed by atoms with Crippen LogP contribution in [0.5, 0.6) is 5.75 Å². The third-order valence-corrected chi connectivity index (χ3v) is 6.14. The van der Waals surface area contributed by atoms with Crippen LogP contribution in [0.15, 0.2) is 48.5 Å². The molecule has 3 N–H and O–H groups in total. The molecule has 1 aliphatic rings. The second-order valence-corrected chi connectivity index (χ2v) is 9.40. The summed E-state index contributed by atoms with van der Waals surface area (Å²) < 4.78 is 5.24. The van der Waals surface area contributed by atoms with Crippen LogP contribution in [-0.4, -0.2) is 37.0 Å². The average molecular weight is 452 g/mol. The van der Waals surface area contributed by atoms with Crippen LogP contribution >= 0.6 is 0 Å². The van der Waals surface area contributed by atoms with Crippen molar-refractivity contribution < 1.29 is 14.3 Å². The first-order valence-corrected chi connectivity index (χ1v) is 11.9. The summed E-state index contributed by atoms with van der Waals surface area (Å²) >= 11 is 0. The van der Waals surface area contributed by atoms with Crippen molar-refractivity contribution in [3.8, 4) is 5.75 Å². The van der Waals surface area contributed by atoms with E-state index in [4.69, 9.17) is 4.74 Å². The highest BCUT2D eigenvalue weighted by molar-refractivity contribution is 5.97. The van der Waals surface area contributed by atoms with Gasteiger partial charge in [0, 0.05) is 23.3 Å². The Morgan fingerprint density at radius 2 is 1.73 bits per heavy atom. The Labute approximate surface area is 197 Å². The quantitative estimate of drug-likeness (QED) is 0.517. The van der Waals surface area contributed by atoms with Gasteiger partial charge in [-0.25, -0.2) is 0 Å². The fourth-order valence-corrected chi connectivity index (χ4v) is 4.39. The number of ether oxygens (including phenoxy) is 1. The van der Waals surface area contributed by atoms with E-state index in [0.29, 0.717) is 12.0 Å². The smallest absolute Gasteiger partial charge is 0.251 e. The predicted molar refractivity (Wildman–Crippen MR) is 133 cm³/mol. The fourth-order valence-electron chi connectivity index (χ4n) is 4.39. The Balaban J connectivity index is 1.67. The second kappa shape index (κ2) is 11.7. The van der Waals surface area contributed by atoms with Gasteiger partial charge >= 0.3 is 0 Å². The molecule has 3 rings (SSSR count). The van der Waals surface area contributed by atoms with Crippen molar-refractivity contribution in [3.63, 3.8) is 0 Å². The van der Waals surface area contributed by atoms with E-state index < -0.39 is 6.04 Å². The zero-order valence-electron chi connectivity index (χ0n) is 20.2. The topological polar surface area (TPSA) is 79.5 Å². The maximum atomic E-state index is 13.3. The molecule has 33 heavy (non-hydrogen) atoms. The number of anilines is 1. The van der Waals surface area contributed by atoms with Gasteiger partial charge < -0.3 is 20.7 Å². The third kappa shape index (κ3) is 7.24. The zero-order chi connectivity index (χ0) is 23.8. The summed E-state index contributed by atoms with van der Waals surface area (Å²) in [6, 6.07) is 14.9. The maximum Gasteiger partial charge on any atom is 0.251 e. The van der Waals surface area contributed by atoms with E-state index in [1.54, 1.807) is 13.2 Å². The minimum Gasteiger partial charge on any atom is -0.497 e. The summed E-state index contributed by atoms with van der Waals surface area (Å²) in [5.74, 6) is 0.766. The first-order chi connectivity index (χ1) is 15.9. The van der Waals surface area contributed by atoms with Crippen LogP contribution in [0, 0.1) is 12.8 Å². The van der Waals surface area contributed by atoms with E-state index in [9.17, 15) is 9.59 Å². The van der Waals surface area contributed by atoms with E-state index in [2.05, 4.69) is 29.8 Å². The van der Waals surface area contributed by atoms with E-state index in [-0.39, 0.29) is 29.8 Å². The van der Waals surface area contributed by atoms with Crippen LogP contribution in [-0.2, 0) is 4.79 Å². The SMILES string of the molecule is COc1ccc(NC2CCCCC2NC(=O)C(CC(C)C)NC(=O)c2cccc(C)c2)cc1.